The summed E-state index contributed by atoms with van der Waals surface area (Å²) < 4.78 is 27.3. The Bertz CT molecular complexity index is 1460. The first-order chi connectivity index (χ1) is 18.5. The first-order valence-corrected chi connectivity index (χ1v) is 12.3. The monoisotopic (exact) mass is 552 g/mol. The Labute approximate surface area is 230 Å². The van der Waals surface area contributed by atoms with Crippen molar-refractivity contribution in [3.63, 3.8) is 0 Å². The van der Waals surface area contributed by atoms with Gasteiger partial charge in [-0.15, -0.1) is 11.6 Å². The number of aryl methyl sites for hydroxylation is 1. The maximum absolute atomic E-state index is 13.8. The summed E-state index contributed by atoms with van der Waals surface area (Å²) in [6.07, 6.45) is 0. The van der Waals surface area contributed by atoms with Crippen LogP contribution in [0.25, 0.3) is 22.5 Å². The van der Waals surface area contributed by atoms with E-state index in [0.717, 1.165) is 5.69 Å². The molecule has 2 heterocycles. The molecule has 0 aliphatic carbocycles. The lowest BCUT2D eigenvalue weighted by molar-refractivity contribution is 0.0820. The highest BCUT2D eigenvalue weighted by molar-refractivity contribution is 6.16. The Morgan fingerprint density at radius 1 is 0.744 bits per heavy atom. The van der Waals surface area contributed by atoms with Crippen molar-refractivity contribution < 1.29 is 18.4 Å². The minimum Gasteiger partial charge on any atom is -0.345 e. The molecule has 0 spiro atoms. The Kier molecular flexibility index (Phi) is 9.73. The SMILES string of the molecule is CN(C)C(=O)c1ccc(F)cc1-c1ccc(CCl)nn1.Cc1ccc(-c2cc(C(=O)N(C)C)ccc2F)nn1. The number of carbonyl (C=O) groups excluding carboxylic acids is 2. The van der Waals surface area contributed by atoms with Gasteiger partial charge in [0, 0.05) is 50.4 Å². The summed E-state index contributed by atoms with van der Waals surface area (Å²) in [7, 11) is 6.57. The summed E-state index contributed by atoms with van der Waals surface area (Å²) in [5.41, 5.74) is 3.71. The zero-order valence-corrected chi connectivity index (χ0v) is 22.9. The van der Waals surface area contributed by atoms with E-state index >= 15 is 0 Å². The molecule has 39 heavy (non-hydrogen) atoms. The van der Waals surface area contributed by atoms with Gasteiger partial charge in [0.05, 0.1) is 28.7 Å². The van der Waals surface area contributed by atoms with Gasteiger partial charge in [-0.2, -0.15) is 20.4 Å². The van der Waals surface area contributed by atoms with Gasteiger partial charge in [-0.25, -0.2) is 8.78 Å². The first kappa shape index (κ1) is 29.2. The molecule has 0 unspecified atom stereocenters. The number of amides is 2. The van der Waals surface area contributed by atoms with Crippen molar-refractivity contribution >= 4 is 23.4 Å². The summed E-state index contributed by atoms with van der Waals surface area (Å²) in [5.74, 6) is -1.00. The van der Waals surface area contributed by atoms with Crippen molar-refractivity contribution in [1.82, 2.24) is 30.2 Å². The highest BCUT2D eigenvalue weighted by Crippen LogP contribution is 2.24. The van der Waals surface area contributed by atoms with Gasteiger partial charge in [-0.05, 0) is 67.6 Å². The third-order valence-electron chi connectivity index (χ3n) is 5.44. The second kappa shape index (κ2) is 13.0. The van der Waals surface area contributed by atoms with Crippen molar-refractivity contribution in [3.05, 3.63) is 94.8 Å². The molecule has 4 aromatic rings. The molecule has 8 nitrogen and oxygen atoms in total. The maximum Gasteiger partial charge on any atom is 0.254 e. The predicted octanol–water partition coefficient (Wildman–Crippen LogP) is 5.02. The van der Waals surface area contributed by atoms with Gasteiger partial charge in [0.25, 0.3) is 11.8 Å². The van der Waals surface area contributed by atoms with E-state index in [1.807, 2.05) is 0 Å². The van der Waals surface area contributed by atoms with Crippen molar-refractivity contribution in [1.29, 1.82) is 0 Å². The van der Waals surface area contributed by atoms with Crippen LogP contribution in [0.5, 0.6) is 0 Å². The minimum absolute atomic E-state index is 0.179. The maximum atomic E-state index is 13.8. The van der Waals surface area contributed by atoms with E-state index in [9.17, 15) is 18.4 Å². The molecule has 2 aromatic carbocycles. The van der Waals surface area contributed by atoms with Gasteiger partial charge >= 0.3 is 0 Å². The lowest BCUT2D eigenvalue weighted by Gasteiger charge is -2.13. The molecule has 2 amide bonds. The van der Waals surface area contributed by atoms with E-state index < -0.39 is 11.6 Å². The molecule has 0 fully saturated rings. The summed E-state index contributed by atoms with van der Waals surface area (Å²) in [6, 6.07) is 15.0. The molecule has 0 atom stereocenters. The zero-order chi connectivity index (χ0) is 28.7. The van der Waals surface area contributed by atoms with E-state index in [1.165, 1.54) is 46.2 Å². The van der Waals surface area contributed by atoms with Crippen molar-refractivity contribution in [2.75, 3.05) is 28.2 Å². The van der Waals surface area contributed by atoms with E-state index in [-0.39, 0.29) is 23.3 Å². The summed E-state index contributed by atoms with van der Waals surface area (Å²) in [6.45, 7) is 1.80. The van der Waals surface area contributed by atoms with Gasteiger partial charge in [-0.3, -0.25) is 9.59 Å². The van der Waals surface area contributed by atoms with Crippen molar-refractivity contribution in [2.24, 2.45) is 0 Å². The first-order valence-electron chi connectivity index (χ1n) is 11.7. The standard InChI is InChI=1S/C14H13ClFN3O.C14H14FN3O/c1-19(2)14(20)11-5-3-9(16)7-12(11)13-6-4-10(8-15)17-18-13;1-9-4-7-13(17-16-9)11-8-10(5-6-12(11)15)14(19)18(2)3/h3-7H,8H2,1-2H3;4-8H,1-3H3. The van der Waals surface area contributed by atoms with Crippen molar-refractivity contribution in [3.8, 4) is 22.5 Å². The fourth-order valence-corrected chi connectivity index (χ4v) is 3.53. The molecule has 0 saturated heterocycles. The molecular formula is C28H27ClF2N6O2. The minimum atomic E-state index is -0.432. The normalized spacial score (nSPS) is 10.4. The number of aromatic nitrogens is 4. The summed E-state index contributed by atoms with van der Waals surface area (Å²) in [5, 5.41) is 15.7. The zero-order valence-electron chi connectivity index (χ0n) is 22.1. The Balaban J connectivity index is 0.000000216. The molecule has 0 N–H and O–H groups in total. The fraction of sp³-hybridized carbons (Fsp3) is 0.214. The van der Waals surface area contributed by atoms with E-state index in [0.29, 0.717) is 33.8 Å². The molecule has 0 radical (unpaired) electrons. The second-order valence-electron chi connectivity index (χ2n) is 8.89. The van der Waals surface area contributed by atoms with E-state index in [2.05, 4.69) is 20.4 Å². The summed E-state index contributed by atoms with van der Waals surface area (Å²) in [4.78, 5) is 26.8. The summed E-state index contributed by atoms with van der Waals surface area (Å²) >= 11 is 5.65. The van der Waals surface area contributed by atoms with Crippen LogP contribution >= 0.6 is 11.6 Å². The average Bonchev–Trinajstić information content (AvgIpc) is 2.93. The van der Waals surface area contributed by atoms with Gasteiger partial charge < -0.3 is 9.80 Å². The third kappa shape index (κ3) is 7.38. The Morgan fingerprint density at radius 3 is 1.95 bits per heavy atom. The molecule has 0 bridgehead atoms. The van der Waals surface area contributed by atoms with Crippen LogP contribution in [0, 0.1) is 18.6 Å². The Morgan fingerprint density at radius 2 is 1.38 bits per heavy atom. The predicted molar refractivity (Wildman–Crippen MR) is 145 cm³/mol. The van der Waals surface area contributed by atoms with Crippen molar-refractivity contribution in [2.45, 2.75) is 12.8 Å². The van der Waals surface area contributed by atoms with Crippen LogP contribution in [0.4, 0.5) is 8.78 Å². The van der Waals surface area contributed by atoms with Gasteiger partial charge in [0.2, 0.25) is 0 Å². The van der Waals surface area contributed by atoms with Crippen LogP contribution < -0.4 is 0 Å². The topological polar surface area (TPSA) is 92.2 Å². The molecule has 4 rings (SSSR count). The number of benzene rings is 2. The molecule has 2 aromatic heterocycles. The van der Waals surface area contributed by atoms with Crippen LogP contribution in [-0.2, 0) is 5.88 Å². The van der Waals surface area contributed by atoms with Crippen LogP contribution in [0.1, 0.15) is 32.1 Å². The lowest BCUT2D eigenvalue weighted by Crippen LogP contribution is -2.22. The van der Waals surface area contributed by atoms with Crippen LogP contribution in [0.15, 0.2) is 60.7 Å². The smallest absolute Gasteiger partial charge is 0.254 e. The highest BCUT2D eigenvalue weighted by Gasteiger charge is 2.17. The number of carbonyl (C=O) groups is 2. The Hall–Kier alpha value is -4.31. The van der Waals surface area contributed by atoms with Gasteiger partial charge in [0.15, 0.2) is 0 Å². The highest BCUT2D eigenvalue weighted by atomic mass is 35.5. The largest absolute Gasteiger partial charge is 0.345 e. The molecule has 0 aliphatic rings. The number of rotatable bonds is 5. The number of hydrogen-bond donors (Lipinski definition) is 0. The molecule has 11 heteroatoms. The third-order valence-corrected chi connectivity index (χ3v) is 5.72. The van der Waals surface area contributed by atoms with Gasteiger partial charge in [0.1, 0.15) is 11.6 Å². The van der Waals surface area contributed by atoms with Crippen LogP contribution in [0.2, 0.25) is 0 Å². The van der Waals surface area contributed by atoms with Gasteiger partial charge in [-0.1, -0.05) is 0 Å². The van der Waals surface area contributed by atoms with Crippen LogP contribution in [-0.4, -0.2) is 70.2 Å². The average molecular weight is 553 g/mol. The molecule has 202 valence electrons. The number of hydrogen-bond acceptors (Lipinski definition) is 6. The van der Waals surface area contributed by atoms with E-state index in [4.69, 9.17) is 11.6 Å². The fourth-order valence-electron chi connectivity index (χ4n) is 3.39. The molecule has 0 aliphatic heterocycles. The quantitative estimate of drug-likeness (QED) is 0.323. The lowest BCUT2D eigenvalue weighted by atomic mass is 10.0. The number of alkyl halides is 1. The van der Waals surface area contributed by atoms with Crippen LogP contribution in [0.3, 0.4) is 0 Å². The number of halogens is 3. The molecular weight excluding hydrogens is 526 g/mol. The molecule has 0 saturated carbocycles. The second-order valence-corrected chi connectivity index (χ2v) is 9.15. The van der Waals surface area contributed by atoms with E-state index in [1.54, 1.807) is 59.4 Å². The number of nitrogens with zero attached hydrogens (tertiary/aromatic N) is 6.